The van der Waals surface area contributed by atoms with Crippen LogP contribution in [0.2, 0.25) is 0 Å². The standard InChI is InChI=1S/C18H22N2OS/c1-20(2)16-10-8-15(9-11-16)14-19-18(21)12-13-22-17-6-4-3-5-7-17/h3-11H,12-14H2,1-2H3,(H,19,21). The van der Waals surface area contributed by atoms with Gasteiger partial charge in [0, 0.05) is 43.4 Å². The molecule has 0 aromatic heterocycles. The molecule has 0 aliphatic rings. The van der Waals surface area contributed by atoms with Gasteiger partial charge >= 0.3 is 0 Å². The molecule has 0 aliphatic carbocycles. The minimum absolute atomic E-state index is 0.0973. The van der Waals surface area contributed by atoms with Gasteiger partial charge in [-0.05, 0) is 29.8 Å². The summed E-state index contributed by atoms with van der Waals surface area (Å²) in [6.07, 6.45) is 0.537. The van der Waals surface area contributed by atoms with Gasteiger partial charge in [0.15, 0.2) is 0 Å². The summed E-state index contributed by atoms with van der Waals surface area (Å²) in [5, 5.41) is 2.97. The van der Waals surface area contributed by atoms with Gasteiger partial charge in [-0.3, -0.25) is 4.79 Å². The molecule has 0 aliphatic heterocycles. The summed E-state index contributed by atoms with van der Waals surface area (Å²) in [7, 11) is 4.03. The van der Waals surface area contributed by atoms with Crippen molar-refractivity contribution in [1.82, 2.24) is 5.32 Å². The summed E-state index contributed by atoms with van der Waals surface area (Å²) in [5.74, 6) is 0.898. The predicted octanol–water partition coefficient (Wildman–Crippen LogP) is 3.55. The maximum absolute atomic E-state index is 11.8. The molecular formula is C18H22N2OS. The molecule has 0 bridgehead atoms. The molecule has 1 amide bonds. The number of benzene rings is 2. The van der Waals surface area contributed by atoms with Crippen LogP contribution in [0.25, 0.3) is 0 Å². The zero-order valence-corrected chi connectivity index (χ0v) is 13.9. The van der Waals surface area contributed by atoms with Crippen molar-refractivity contribution in [3.05, 3.63) is 60.2 Å². The largest absolute Gasteiger partial charge is 0.378 e. The summed E-state index contributed by atoms with van der Waals surface area (Å²) in [5.41, 5.74) is 2.28. The Morgan fingerprint density at radius 3 is 2.36 bits per heavy atom. The van der Waals surface area contributed by atoms with Crippen molar-refractivity contribution in [2.24, 2.45) is 0 Å². The average molecular weight is 314 g/mol. The monoisotopic (exact) mass is 314 g/mol. The lowest BCUT2D eigenvalue weighted by molar-refractivity contribution is -0.120. The first-order valence-electron chi connectivity index (χ1n) is 7.36. The van der Waals surface area contributed by atoms with Gasteiger partial charge in [0.2, 0.25) is 5.91 Å². The number of carbonyl (C=O) groups is 1. The minimum Gasteiger partial charge on any atom is -0.378 e. The molecule has 0 fully saturated rings. The summed E-state index contributed by atoms with van der Waals surface area (Å²) in [6, 6.07) is 18.4. The third-order valence-electron chi connectivity index (χ3n) is 3.28. The van der Waals surface area contributed by atoms with Gasteiger partial charge in [-0.15, -0.1) is 11.8 Å². The Balaban J connectivity index is 1.69. The molecule has 116 valence electrons. The van der Waals surface area contributed by atoms with Crippen LogP contribution in [0.1, 0.15) is 12.0 Å². The highest BCUT2D eigenvalue weighted by atomic mass is 32.2. The average Bonchev–Trinajstić information content (AvgIpc) is 2.54. The zero-order chi connectivity index (χ0) is 15.8. The molecule has 1 N–H and O–H groups in total. The van der Waals surface area contributed by atoms with Crippen molar-refractivity contribution < 1.29 is 4.79 Å². The third-order valence-corrected chi connectivity index (χ3v) is 4.30. The topological polar surface area (TPSA) is 32.3 Å². The predicted molar refractivity (Wildman–Crippen MR) is 94.4 cm³/mol. The lowest BCUT2D eigenvalue weighted by Gasteiger charge is -2.13. The molecule has 2 rings (SSSR count). The number of nitrogens with one attached hydrogen (secondary N) is 1. The molecule has 0 saturated carbocycles. The molecule has 3 nitrogen and oxygen atoms in total. The van der Waals surface area contributed by atoms with E-state index in [1.165, 1.54) is 4.90 Å². The molecule has 2 aromatic carbocycles. The van der Waals surface area contributed by atoms with Crippen LogP contribution in [0.3, 0.4) is 0 Å². The highest BCUT2D eigenvalue weighted by Crippen LogP contribution is 2.17. The second kappa shape index (κ2) is 8.49. The summed E-state index contributed by atoms with van der Waals surface area (Å²) in [6.45, 7) is 0.586. The van der Waals surface area contributed by atoms with E-state index in [1.54, 1.807) is 11.8 Å². The smallest absolute Gasteiger partial charge is 0.221 e. The SMILES string of the molecule is CN(C)c1ccc(CNC(=O)CCSc2ccccc2)cc1. The second-order valence-corrected chi connectivity index (χ2v) is 6.42. The molecule has 4 heteroatoms. The van der Waals surface area contributed by atoms with Crippen molar-refractivity contribution in [3.8, 4) is 0 Å². The Bertz CT molecular complexity index is 582. The number of hydrogen-bond acceptors (Lipinski definition) is 3. The fraction of sp³-hybridized carbons (Fsp3) is 0.278. The Morgan fingerprint density at radius 1 is 1.05 bits per heavy atom. The minimum atomic E-state index is 0.0973. The normalized spacial score (nSPS) is 10.3. The van der Waals surface area contributed by atoms with Crippen LogP contribution in [-0.4, -0.2) is 25.8 Å². The van der Waals surface area contributed by atoms with Crippen molar-refractivity contribution in [1.29, 1.82) is 0 Å². The fourth-order valence-corrected chi connectivity index (χ4v) is 2.85. The van der Waals surface area contributed by atoms with Crippen LogP contribution >= 0.6 is 11.8 Å². The number of amides is 1. The maximum Gasteiger partial charge on any atom is 0.221 e. The number of rotatable bonds is 7. The Kier molecular flexibility index (Phi) is 6.34. The van der Waals surface area contributed by atoms with Crippen molar-refractivity contribution in [2.45, 2.75) is 17.9 Å². The molecule has 22 heavy (non-hydrogen) atoms. The van der Waals surface area contributed by atoms with Gasteiger partial charge < -0.3 is 10.2 Å². The first-order valence-corrected chi connectivity index (χ1v) is 8.34. The molecule has 0 saturated heterocycles. The van der Waals surface area contributed by atoms with E-state index in [1.807, 2.05) is 44.4 Å². The van der Waals surface area contributed by atoms with E-state index >= 15 is 0 Å². The van der Waals surface area contributed by atoms with Crippen LogP contribution in [-0.2, 0) is 11.3 Å². The number of hydrogen-bond donors (Lipinski definition) is 1. The van der Waals surface area contributed by atoms with Gasteiger partial charge in [-0.1, -0.05) is 30.3 Å². The fourth-order valence-electron chi connectivity index (χ4n) is 1.98. The quantitative estimate of drug-likeness (QED) is 0.793. The van der Waals surface area contributed by atoms with Gasteiger partial charge in [0.1, 0.15) is 0 Å². The molecule has 0 heterocycles. The van der Waals surface area contributed by atoms with E-state index in [0.717, 1.165) is 17.0 Å². The molecule has 0 atom stereocenters. The molecule has 2 aromatic rings. The zero-order valence-electron chi connectivity index (χ0n) is 13.1. The van der Waals surface area contributed by atoms with Gasteiger partial charge in [0.25, 0.3) is 0 Å². The highest BCUT2D eigenvalue weighted by molar-refractivity contribution is 7.99. The van der Waals surface area contributed by atoms with E-state index in [0.29, 0.717) is 13.0 Å². The highest BCUT2D eigenvalue weighted by Gasteiger charge is 2.03. The number of anilines is 1. The summed E-state index contributed by atoms with van der Waals surface area (Å²) >= 11 is 1.71. The van der Waals surface area contributed by atoms with E-state index in [2.05, 4.69) is 34.5 Å². The van der Waals surface area contributed by atoms with Gasteiger partial charge in [-0.25, -0.2) is 0 Å². The van der Waals surface area contributed by atoms with Crippen LogP contribution in [0, 0.1) is 0 Å². The number of carbonyl (C=O) groups excluding carboxylic acids is 1. The molecule has 0 unspecified atom stereocenters. The van der Waals surface area contributed by atoms with Gasteiger partial charge in [0.05, 0.1) is 0 Å². The first kappa shape index (κ1) is 16.4. The van der Waals surface area contributed by atoms with Crippen LogP contribution < -0.4 is 10.2 Å². The van der Waals surface area contributed by atoms with Crippen molar-refractivity contribution >= 4 is 23.4 Å². The Labute approximate surface area is 136 Å². The Morgan fingerprint density at radius 2 is 1.73 bits per heavy atom. The van der Waals surface area contributed by atoms with Gasteiger partial charge in [-0.2, -0.15) is 0 Å². The second-order valence-electron chi connectivity index (χ2n) is 5.25. The lowest BCUT2D eigenvalue weighted by atomic mass is 10.2. The van der Waals surface area contributed by atoms with E-state index < -0.39 is 0 Å². The summed E-state index contributed by atoms with van der Waals surface area (Å²) < 4.78 is 0. The number of thioether (sulfide) groups is 1. The van der Waals surface area contributed by atoms with Crippen LogP contribution in [0.5, 0.6) is 0 Å². The van der Waals surface area contributed by atoms with E-state index in [-0.39, 0.29) is 5.91 Å². The van der Waals surface area contributed by atoms with E-state index in [4.69, 9.17) is 0 Å². The Hall–Kier alpha value is -1.94. The maximum atomic E-state index is 11.8. The van der Waals surface area contributed by atoms with Crippen molar-refractivity contribution in [2.75, 3.05) is 24.7 Å². The summed E-state index contributed by atoms with van der Waals surface area (Å²) in [4.78, 5) is 15.1. The van der Waals surface area contributed by atoms with E-state index in [9.17, 15) is 4.79 Å². The van der Waals surface area contributed by atoms with Crippen molar-refractivity contribution in [3.63, 3.8) is 0 Å². The lowest BCUT2D eigenvalue weighted by Crippen LogP contribution is -2.23. The molecule has 0 spiro atoms. The molecular weight excluding hydrogens is 292 g/mol. The third kappa shape index (κ3) is 5.45. The molecule has 0 radical (unpaired) electrons. The van der Waals surface area contributed by atoms with Crippen LogP contribution in [0.4, 0.5) is 5.69 Å². The van der Waals surface area contributed by atoms with Crippen LogP contribution in [0.15, 0.2) is 59.5 Å². The number of nitrogens with zero attached hydrogens (tertiary/aromatic N) is 1. The first-order chi connectivity index (χ1) is 10.6.